The number of anilines is 1. The van der Waals surface area contributed by atoms with E-state index < -0.39 is 0 Å². The van der Waals surface area contributed by atoms with Crippen molar-refractivity contribution in [3.63, 3.8) is 0 Å². The molecule has 1 N–H and O–H groups in total. The first kappa shape index (κ1) is 17.2. The summed E-state index contributed by atoms with van der Waals surface area (Å²) in [5.74, 6) is 0.860. The molecule has 0 aliphatic carbocycles. The van der Waals surface area contributed by atoms with Gasteiger partial charge in [-0.15, -0.1) is 0 Å². The molecule has 0 spiro atoms. The Kier molecular flexibility index (Phi) is 4.72. The minimum Gasteiger partial charge on any atom is -0.467 e. The lowest BCUT2D eigenvalue weighted by molar-refractivity contribution is 0.0696. The van der Waals surface area contributed by atoms with Crippen molar-refractivity contribution >= 4 is 11.6 Å². The number of hydrogen-bond acceptors (Lipinski definition) is 4. The zero-order chi connectivity index (χ0) is 18.1. The molecule has 2 unspecified atom stereocenters. The fourth-order valence-electron chi connectivity index (χ4n) is 4.25. The van der Waals surface area contributed by atoms with Gasteiger partial charge in [0.1, 0.15) is 5.76 Å². The van der Waals surface area contributed by atoms with Crippen LogP contribution in [0.25, 0.3) is 0 Å². The number of carbonyl (C=O) groups excluding carboxylic acids is 1. The molecule has 2 aliphatic rings. The van der Waals surface area contributed by atoms with Gasteiger partial charge in [0.2, 0.25) is 0 Å². The van der Waals surface area contributed by atoms with E-state index in [-0.39, 0.29) is 5.91 Å². The summed E-state index contributed by atoms with van der Waals surface area (Å²) in [7, 11) is 1.97. The number of amides is 1. The van der Waals surface area contributed by atoms with Gasteiger partial charge in [-0.05, 0) is 50.9 Å². The number of piperidine rings is 1. The second-order valence-electron chi connectivity index (χ2n) is 7.45. The van der Waals surface area contributed by atoms with Crippen LogP contribution in [0.1, 0.15) is 41.4 Å². The van der Waals surface area contributed by atoms with Crippen molar-refractivity contribution in [1.82, 2.24) is 10.2 Å². The van der Waals surface area contributed by atoms with Crippen LogP contribution in [0.15, 0.2) is 41.0 Å². The quantitative estimate of drug-likeness (QED) is 0.918. The van der Waals surface area contributed by atoms with Gasteiger partial charge in [-0.3, -0.25) is 4.79 Å². The number of para-hydroxylation sites is 1. The zero-order valence-corrected chi connectivity index (χ0v) is 15.6. The maximum Gasteiger partial charge on any atom is 0.257 e. The number of nitrogens with zero attached hydrogens (tertiary/aromatic N) is 2. The molecule has 2 aromatic rings. The van der Waals surface area contributed by atoms with Crippen molar-refractivity contribution in [2.45, 2.75) is 44.8 Å². The van der Waals surface area contributed by atoms with Crippen LogP contribution in [0, 0.1) is 0 Å². The number of benzene rings is 1. The Morgan fingerprint density at radius 2 is 2.15 bits per heavy atom. The highest BCUT2D eigenvalue weighted by Crippen LogP contribution is 2.33. The molecule has 0 bridgehead atoms. The lowest BCUT2D eigenvalue weighted by Crippen LogP contribution is -2.47. The van der Waals surface area contributed by atoms with E-state index >= 15 is 0 Å². The molecule has 2 aliphatic heterocycles. The monoisotopic (exact) mass is 353 g/mol. The highest BCUT2D eigenvalue weighted by Gasteiger charge is 2.30. The highest BCUT2D eigenvalue weighted by atomic mass is 16.3. The SMILES string of the molecule is CNC1CCCN(C(=O)c2ccoc2CN2c3ccccc3CC2C)C1. The third-order valence-electron chi connectivity index (χ3n) is 5.76. The van der Waals surface area contributed by atoms with Crippen LogP contribution in [0.5, 0.6) is 0 Å². The topological polar surface area (TPSA) is 48.7 Å². The van der Waals surface area contributed by atoms with Crippen LogP contribution in [-0.4, -0.2) is 43.0 Å². The number of fused-ring (bicyclic) bond motifs is 1. The van der Waals surface area contributed by atoms with Gasteiger partial charge in [0.05, 0.1) is 18.4 Å². The Bertz CT molecular complexity index is 785. The summed E-state index contributed by atoms with van der Waals surface area (Å²) < 4.78 is 5.75. The smallest absolute Gasteiger partial charge is 0.257 e. The van der Waals surface area contributed by atoms with Gasteiger partial charge in [0.15, 0.2) is 0 Å². The first-order chi connectivity index (χ1) is 12.7. The summed E-state index contributed by atoms with van der Waals surface area (Å²) >= 11 is 0. The zero-order valence-electron chi connectivity index (χ0n) is 15.6. The molecule has 5 heteroatoms. The standard InChI is InChI=1S/C21H27N3O2/c1-15-12-16-6-3-4-8-19(16)24(15)14-20-18(9-11-26-20)21(25)23-10-5-7-17(13-23)22-2/h3-4,6,8-9,11,15,17,22H,5,7,10,12-14H2,1-2H3. The lowest BCUT2D eigenvalue weighted by atomic mass is 10.0. The first-order valence-corrected chi connectivity index (χ1v) is 9.55. The van der Waals surface area contributed by atoms with Crippen molar-refractivity contribution in [3.8, 4) is 0 Å². The fourth-order valence-corrected chi connectivity index (χ4v) is 4.25. The number of hydrogen-bond donors (Lipinski definition) is 1. The maximum absolute atomic E-state index is 13.1. The molecule has 1 aromatic heterocycles. The van der Waals surface area contributed by atoms with Gasteiger partial charge < -0.3 is 19.5 Å². The molecular formula is C21H27N3O2. The number of likely N-dealkylation sites (tertiary alicyclic amines) is 1. The third-order valence-corrected chi connectivity index (χ3v) is 5.76. The first-order valence-electron chi connectivity index (χ1n) is 9.55. The van der Waals surface area contributed by atoms with Crippen molar-refractivity contribution in [2.24, 2.45) is 0 Å². The maximum atomic E-state index is 13.1. The molecular weight excluding hydrogens is 326 g/mol. The molecule has 0 saturated carbocycles. The average molecular weight is 353 g/mol. The molecule has 26 heavy (non-hydrogen) atoms. The van der Waals surface area contributed by atoms with Gasteiger partial charge in [0.25, 0.3) is 5.91 Å². The average Bonchev–Trinajstić information content (AvgIpc) is 3.26. The molecule has 0 radical (unpaired) electrons. The molecule has 2 atom stereocenters. The van der Waals surface area contributed by atoms with Gasteiger partial charge >= 0.3 is 0 Å². The summed E-state index contributed by atoms with van der Waals surface area (Å²) in [5.41, 5.74) is 3.33. The van der Waals surface area contributed by atoms with E-state index in [4.69, 9.17) is 4.42 Å². The largest absolute Gasteiger partial charge is 0.467 e. The predicted molar refractivity (Wildman–Crippen MR) is 102 cm³/mol. The minimum absolute atomic E-state index is 0.0915. The number of nitrogens with one attached hydrogen (secondary N) is 1. The van der Waals surface area contributed by atoms with Gasteiger partial charge in [-0.25, -0.2) is 0 Å². The van der Waals surface area contributed by atoms with Crippen LogP contribution >= 0.6 is 0 Å². The van der Waals surface area contributed by atoms with E-state index in [1.54, 1.807) is 6.26 Å². The predicted octanol–water partition coefficient (Wildman–Crippen LogP) is 3.05. The normalized spacial score (nSPS) is 22.5. The van der Waals surface area contributed by atoms with Crippen molar-refractivity contribution < 1.29 is 9.21 Å². The van der Waals surface area contributed by atoms with Crippen molar-refractivity contribution in [2.75, 3.05) is 25.0 Å². The minimum atomic E-state index is 0.0915. The number of likely N-dealkylation sites (N-methyl/N-ethyl adjacent to an activating group) is 1. The van der Waals surface area contributed by atoms with Gasteiger partial charge in [0, 0.05) is 30.9 Å². The molecule has 138 valence electrons. The molecule has 1 amide bonds. The van der Waals surface area contributed by atoms with E-state index in [0.717, 1.165) is 38.1 Å². The Labute approximate surface area is 155 Å². The van der Waals surface area contributed by atoms with E-state index in [1.807, 2.05) is 18.0 Å². The second-order valence-corrected chi connectivity index (χ2v) is 7.45. The second kappa shape index (κ2) is 7.16. The summed E-state index contributed by atoms with van der Waals surface area (Å²) in [6, 6.07) is 11.1. The van der Waals surface area contributed by atoms with Gasteiger partial charge in [-0.1, -0.05) is 18.2 Å². The Morgan fingerprint density at radius 1 is 1.31 bits per heavy atom. The summed E-state index contributed by atoms with van der Waals surface area (Å²) in [6.45, 7) is 4.45. The van der Waals surface area contributed by atoms with Crippen LogP contribution in [-0.2, 0) is 13.0 Å². The number of carbonyl (C=O) groups is 1. The van der Waals surface area contributed by atoms with Crippen molar-refractivity contribution in [1.29, 1.82) is 0 Å². The molecule has 3 heterocycles. The van der Waals surface area contributed by atoms with E-state index in [0.29, 0.717) is 24.2 Å². The summed E-state index contributed by atoms with van der Waals surface area (Å²) in [5, 5.41) is 3.30. The Balaban J connectivity index is 1.53. The molecule has 5 nitrogen and oxygen atoms in total. The van der Waals surface area contributed by atoms with E-state index in [2.05, 4.69) is 41.4 Å². The number of rotatable bonds is 4. The summed E-state index contributed by atoms with van der Waals surface area (Å²) in [6.07, 6.45) is 4.85. The number of furan rings is 1. The molecule has 1 aromatic carbocycles. The van der Waals surface area contributed by atoms with Crippen LogP contribution < -0.4 is 10.2 Å². The Morgan fingerprint density at radius 3 is 3.00 bits per heavy atom. The molecule has 1 saturated heterocycles. The summed E-state index contributed by atoms with van der Waals surface area (Å²) in [4.78, 5) is 17.4. The van der Waals surface area contributed by atoms with Crippen LogP contribution in [0.4, 0.5) is 5.69 Å². The van der Waals surface area contributed by atoms with Crippen LogP contribution in [0.3, 0.4) is 0 Å². The third kappa shape index (κ3) is 3.12. The van der Waals surface area contributed by atoms with E-state index in [9.17, 15) is 4.79 Å². The van der Waals surface area contributed by atoms with Crippen molar-refractivity contribution in [3.05, 3.63) is 53.5 Å². The highest BCUT2D eigenvalue weighted by molar-refractivity contribution is 5.95. The fraction of sp³-hybridized carbons (Fsp3) is 0.476. The lowest BCUT2D eigenvalue weighted by Gasteiger charge is -2.32. The molecule has 4 rings (SSSR count). The van der Waals surface area contributed by atoms with Crippen LogP contribution in [0.2, 0.25) is 0 Å². The Hall–Kier alpha value is -2.27. The van der Waals surface area contributed by atoms with E-state index in [1.165, 1.54) is 11.3 Å². The molecule has 1 fully saturated rings. The van der Waals surface area contributed by atoms with Gasteiger partial charge in [-0.2, -0.15) is 0 Å².